The second kappa shape index (κ2) is 6.30. The number of hydrogen-bond donors (Lipinski definition) is 4. The van der Waals surface area contributed by atoms with Crippen LogP contribution >= 0.6 is 0 Å². The van der Waals surface area contributed by atoms with Crippen LogP contribution in [0.3, 0.4) is 0 Å². The fourth-order valence-electron chi connectivity index (χ4n) is 3.67. The Bertz CT molecular complexity index is 1060. The van der Waals surface area contributed by atoms with Gasteiger partial charge in [0.1, 0.15) is 5.75 Å². The molecule has 0 unspecified atom stereocenters. The standard InChI is InChI=1S/C23H27N3O2/c1-22(2,3)20-12-14-11-16(6-7-17(14)26-20)25-21(28)23(9-10-23)15-5-8-19(27)18(13-15)24-4/h5-8,11-13,24,26-27H,9-10H2,1-4H3,(H,25,28). The van der Waals surface area contributed by atoms with Gasteiger partial charge in [0.05, 0.1) is 11.1 Å². The first kappa shape index (κ1) is 18.4. The highest BCUT2D eigenvalue weighted by atomic mass is 16.3. The number of carbonyl (C=O) groups is 1. The van der Waals surface area contributed by atoms with Gasteiger partial charge < -0.3 is 20.7 Å². The smallest absolute Gasteiger partial charge is 0.235 e. The Morgan fingerprint density at radius 1 is 1.11 bits per heavy atom. The number of amides is 1. The van der Waals surface area contributed by atoms with Crippen molar-refractivity contribution >= 4 is 28.2 Å². The Morgan fingerprint density at radius 2 is 1.86 bits per heavy atom. The second-order valence-corrected chi connectivity index (χ2v) is 8.75. The fourth-order valence-corrected chi connectivity index (χ4v) is 3.67. The van der Waals surface area contributed by atoms with Gasteiger partial charge in [-0.3, -0.25) is 4.79 Å². The number of benzene rings is 2. The number of aromatic amines is 1. The van der Waals surface area contributed by atoms with Gasteiger partial charge in [-0.05, 0) is 54.8 Å². The van der Waals surface area contributed by atoms with Crippen molar-refractivity contribution in [3.8, 4) is 5.75 Å². The van der Waals surface area contributed by atoms with Gasteiger partial charge in [-0.15, -0.1) is 0 Å². The summed E-state index contributed by atoms with van der Waals surface area (Å²) >= 11 is 0. The molecule has 146 valence electrons. The Kier molecular flexibility index (Phi) is 4.14. The van der Waals surface area contributed by atoms with E-state index < -0.39 is 5.41 Å². The molecule has 5 heteroatoms. The van der Waals surface area contributed by atoms with E-state index in [2.05, 4.69) is 42.5 Å². The molecule has 1 saturated carbocycles. The highest BCUT2D eigenvalue weighted by Gasteiger charge is 2.51. The van der Waals surface area contributed by atoms with Crippen molar-refractivity contribution in [3.63, 3.8) is 0 Å². The minimum atomic E-state index is -0.511. The van der Waals surface area contributed by atoms with Crippen LogP contribution in [0.1, 0.15) is 44.9 Å². The van der Waals surface area contributed by atoms with Crippen molar-refractivity contribution in [1.29, 1.82) is 0 Å². The van der Waals surface area contributed by atoms with E-state index in [9.17, 15) is 9.90 Å². The van der Waals surface area contributed by atoms with E-state index in [0.717, 1.165) is 35.0 Å². The fraction of sp³-hybridized carbons (Fsp3) is 0.348. The van der Waals surface area contributed by atoms with E-state index >= 15 is 0 Å². The van der Waals surface area contributed by atoms with Gasteiger partial charge in [-0.1, -0.05) is 26.8 Å². The van der Waals surface area contributed by atoms with Crippen LogP contribution in [0.15, 0.2) is 42.5 Å². The Morgan fingerprint density at radius 3 is 2.50 bits per heavy atom. The minimum absolute atomic E-state index is 0.00572. The average Bonchev–Trinajstić information content (AvgIpc) is 3.34. The predicted octanol–water partition coefficient (Wildman–Crippen LogP) is 4.88. The summed E-state index contributed by atoms with van der Waals surface area (Å²) in [7, 11) is 1.76. The molecule has 0 atom stereocenters. The van der Waals surface area contributed by atoms with E-state index in [1.807, 2.05) is 30.3 Å². The molecule has 4 rings (SSSR count). The summed E-state index contributed by atoms with van der Waals surface area (Å²) in [6.45, 7) is 6.52. The Balaban J connectivity index is 1.59. The van der Waals surface area contributed by atoms with Crippen LogP contribution in [0, 0.1) is 0 Å². The van der Waals surface area contributed by atoms with Crippen LogP contribution < -0.4 is 10.6 Å². The van der Waals surface area contributed by atoms with Crippen molar-refractivity contribution in [2.75, 3.05) is 17.7 Å². The van der Waals surface area contributed by atoms with Gasteiger partial charge in [-0.25, -0.2) is 0 Å². The van der Waals surface area contributed by atoms with Gasteiger partial charge in [0.2, 0.25) is 5.91 Å². The first-order valence-corrected chi connectivity index (χ1v) is 9.69. The highest BCUT2D eigenvalue weighted by molar-refractivity contribution is 6.02. The molecule has 1 aromatic heterocycles. The Labute approximate surface area is 165 Å². The molecule has 1 fully saturated rings. The van der Waals surface area contributed by atoms with Crippen LogP contribution in [-0.4, -0.2) is 23.0 Å². The first-order chi connectivity index (χ1) is 13.2. The van der Waals surface area contributed by atoms with Crippen molar-refractivity contribution < 1.29 is 9.90 Å². The summed E-state index contributed by atoms with van der Waals surface area (Å²) in [5.41, 5.74) is 4.16. The van der Waals surface area contributed by atoms with Crippen molar-refractivity contribution in [1.82, 2.24) is 4.98 Å². The number of anilines is 2. The van der Waals surface area contributed by atoms with E-state index in [0.29, 0.717) is 5.69 Å². The van der Waals surface area contributed by atoms with E-state index in [1.165, 1.54) is 5.69 Å². The maximum Gasteiger partial charge on any atom is 0.235 e. The zero-order valence-electron chi connectivity index (χ0n) is 16.8. The first-order valence-electron chi connectivity index (χ1n) is 9.69. The number of phenolic OH excluding ortho intramolecular Hbond substituents is 1. The lowest BCUT2D eigenvalue weighted by molar-refractivity contribution is -0.118. The van der Waals surface area contributed by atoms with Gasteiger partial charge in [0, 0.05) is 34.7 Å². The molecule has 1 aliphatic rings. The molecular weight excluding hydrogens is 350 g/mol. The van der Waals surface area contributed by atoms with E-state index in [-0.39, 0.29) is 17.1 Å². The van der Waals surface area contributed by atoms with Crippen LogP contribution in [-0.2, 0) is 15.6 Å². The molecule has 28 heavy (non-hydrogen) atoms. The summed E-state index contributed by atoms with van der Waals surface area (Å²) in [5.74, 6) is 0.196. The summed E-state index contributed by atoms with van der Waals surface area (Å²) in [6, 6.07) is 13.5. The number of aromatic nitrogens is 1. The number of nitrogens with one attached hydrogen (secondary N) is 3. The third-order valence-corrected chi connectivity index (χ3v) is 5.69. The average molecular weight is 377 g/mol. The number of rotatable bonds is 4. The monoisotopic (exact) mass is 377 g/mol. The molecule has 3 aromatic rings. The number of aromatic hydroxyl groups is 1. The minimum Gasteiger partial charge on any atom is -0.506 e. The lowest BCUT2D eigenvalue weighted by atomic mass is 9.92. The van der Waals surface area contributed by atoms with Crippen LogP contribution in [0.25, 0.3) is 10.9 Å². The number of hydrogen-bond acceptors (Lipinski definition) is 3. The quantitative estimate of drug-likeness (QED) is 0.489. The van der Waals surface area contributed by atoms with Crippen molar-refractivity contribution in [2.45, 2.75) is 44.4 Å². The third kappa shape index (κ3) is 3.11. The largest absolute Gasteiger partial charge is 0.506 e. The van der Waals surface area contributed by atoms with Crippen molar-refractivity contribution in [3.05, 3.63) is 53.7 Å². The normalized spacial score (nSPS) is 15.4. The number of fused-ring (bicyclic) bond motifs is 1. The zero-order valence-corrected chi connectivity index (χ0v) is 16.8. The summed E-state index contributed by atoms with van der Waals surface area (Å²) in [6.07, 6.45) is 1.63. The number of phenols is 1. The van der Waals surface area contributed by atoms with Gasteiger partial charge in [-0.2, -0.15) is 0 Å². The van der Waals surface area contributed by atoms with Crippen LogP contribution in [0.2, 0.25) is 0 Å². The number of carbonyl (C=O) groups excluding carboxylic acids is 1. The van der Waals surface area contributed by atoms with Gasteiger partial charge >= 0.3 is 0 Å². The summed E-state index contributed by atoms with van der Waals surface area (Å²) in [5, 5.41) is 17.1. The summed E-state index contributed by atoms with van der Waals surface area (Å²) in [4.78, 5) is 16.5. The maximum atomic E-state index is 13.1. The molecule has 5 nitrogen and oxygen atoms in total. The molecule has 1 aliphatic carbocycles. The number of H-pyrrole nitrogens is 1. The molecule has 0 radical (unpaired) electrons. The molecule has 1 amide bonds. The second-order valence-electron chi connectivity index (χ2n) is 8.75. The molecule has 0 bridgehead atoms. The van der Waals surface area contributed by atoms with Gasteiger partial charge in [0.25, 0.3) is 0 Å². The molecule has 0 spiro atoms. The Hall–Kier alpha value is -2.95. The molecule has 2 aromatic carbocycles. The molecule has 1 heterocycles. The lowest BCUT2D eigenvalue weighted by Crippen LogP contribution is -2.27. The van der Waals surface area contributed by atoms with Crippen LogP contribution in [0.4, 0.5) is 11.4 Å². The lowest BCUT2D eigenvalue weighted by Gasteiger charge is -2.17. The molecule has 4 N–H and O–H groups in total. The maximum absolute atomic E-state index is 13.1. The highest BCUT2D eigenvalue weighted by Crippen LogP contribution is 2.50. The SMILES string of the molecule is CNc1cc(C2(C(=O)Nc3ccc4[nH]c(C(C)(C)C)cc4c3)CC2)ccc1O. The predicted molar refractivity (Wildman–Crippen MR) is 114 cm³/mol. The summed E-state index contributed by atoms with van der Waals surface area (Å²) < 4.78 is 0. The van der Waals surface area contributed by atoms with E-state index in [1.54, 1.807) is 13.1 Å². The topological polar surface area (TPSA) is 77.2 Å². The molecule has 0 aliphatic heterocycles. The van der Waals surface area contributed by atoms with E-state index in [4.69, 9.17) is 0 Å². The van der Waals surface area contributed by atoms with Gasteiger partial charge in [0.15, 0.2) is 0 Å². The van der Waals surface area contributed by atoms with Crippen molar-refractivity contribution in [2.24, 2.45) is 0 Å². The third-order valence-electron chi connectivity index (χ3n) is 5.69. The zero-order chi connectivity index (χ0) is 20.1. The molecule has 0 saturated heterocycles. The van der Waals surface area contributed by atoms with Crippen LogP contribution in [0.5, 0.6) is 5.75 Å². The molecular formula is C23H27N3O2.